The normalized spacial score (nSPS) is 24.5. The summed E-state index contributed by atoms with van der Waals surface area (Å²) in [5.41, 5.74) is 3.75. The number of nitrogens with zero attached hydrogens (tertiary/aromatic N) is 3. The molecule has 0 N–H and O–H groups in total. The van der Waals surface area contributed by atoms with E-state index in [9.17, 15) is 0 Å². The zero-order valence-electron chi connectivity index (χ0n) is 13.1. The zero-order chi connectivity index (χ0) is 16.3. The van der Waals surface area contributed by atoms with E-state index in [1.807, 2.05) is 12.1 Å². The molecule has 5 heteroatoms. The van der Waals surface area contributed by atoms with Gasteiger partial charge in [-0.05, 0) is 36.2 Å². The predicted molar refractivity (Wildman–Crippen MR) is 99.5 cm³/mol. The molecule has 0 aromatic heterocycles. The van der Waals surface area contributed by atoms with Crippen molar-refractivity contribution in [1.82, 2.24) is 4.90 Å². The molecule has 24 heavy (non-hydrogen) atoms. The minimum Gasteiger partial charge on any atom is -0.350 e. The van der Waals surface area contributed by atoms with Gasteiger partial charge in [-0.15, -0.1) is 0 Å². The lowest BCUT2D eigenvalue weighted by atomic mass is 9.93. The van der Waals surface area contributed by atoms with Crippen molar-refractivity contribution >= 4 is 34.7 Å². The highest BCUT2D eigenvalue weighted by Gasteiger charge is 2.46. The first-order valence-corrected chi connectivity index (χ1v) is 9.12. The molecule has 3 nitrogen and oxygen atoms in total. The van der Waals surface area contributed by atoms with Crippen LogP contribution in [-0.2, 0) is 0 Å². The Morgan fingerprint density at radius 1 is 1.00 bits per heavy atom. The smallest absolute Gasteiger partial charge is 0.134 e. The standard InChI is InChI=1S/C19H17Cl2N3/c20-12-5-6-13(16(21)11-12)14-7-9-23-17-4-2-1-3-15(17)18-22-8-10-24(18)19(14)23/h1-6,11,14,19H,7-10H2. The predicted octanol–water partition coefficient (Wildman–Crippen LogP) is 4.39. The van der Waals surface area contributed by atoms with Crippen molar-refractivity contribution in [3.8, 4) is 0 Å². The molecular formula is C19H17Cl2N3. The molecule has 0 bridgehead atoms. The average Bonchev–Trinajstić information content (AvgIpc) is 3.22. The number of anilines is 1. The van der Waals surface area contributed by atoms with E-state index in [4.69, 9.17) is 28.2 Å². The van der Waals surface area contributed by atoms with Gasteiger partial charge in [0.2, 0.25) is 0 Å². The molecule has 2 aromatic carbocycles. The van der Waals surface area contributed by atoms with Crippen LogP contribution in [0.5, 0.6) is 0 Å². The van der Waals surface area contributed by atoms with Crippen molar-refractivity contribution in [3.63, 3.8) is 0 Å². The van der Waals surface area contributed by atoms with Crippen LogP contribution >= 0.6 is 23.2 Å². The quantitative estimate of drug-likeness (QED) is 0.753. The van der Waals surface area contributed by atoms with Gasteiger partial charge in [-0.25, -0.2) is 0 Å². The van der Waals surface area contributed by atoms with E-state index in [-0.39, 0.29) is 0 Å². The molecule has 2 unspecified atom stereocenters. The van der Waals surface area contributed by atoms with Gasteiger partial charge in [0.1, 0.15) is 12.0 Å². The molecule has 5 rings (SSSR count). The van der Waals surface area contributed by atoms with Gasteiger partial charge in [0, 0.05) is 40.3 Å². The summed E-state index contributed by atoms with van der Waals surface area (Å²) in [6, 6.07) is 14.5. The molecule has 0 spiro atoms. The SMILES string of the molecule is Clc1ccc(C2CCN3c4ccccc4C4=NCCN4C23)c(Cl)c1. The van der Waals surface area contributed by atoms with Gasteiger partial charge in [0.05, 0.1) is 6.54 Å². The van der Waals surface area contributed by atoms with Crippen molar-refractivity contribution in [2.45, 2.75) is 18.5 Å². The summed E-state index contributed by atoms with van der Waals surface area (Å²) in [5.74, 6) is 1.51. The topological polar surface area (TPSA) is 18.8 Å². The van der Waals surface area contributed by atoms with Crippen LogP contribution in [0.15, 0.2) is 47.5 Å². The third kappa shape index (κ3) is 2.01. The molecule has 0 radical (unpaired) electrons. The first-order valence-electron chi connectivity index (χ1n) is 8.36. The molecular weight excluding hydrogens is 341 g/mol. The Hall–Kier alpha value is -1.71. The summed E-state index contributed by atoms with van der Waals surface area (Å²) >= 11 is 12.6. The number of aliphatic imine (C=N–C) groups is 1. The van der Waals surface area contributed by atoms with Gasteiger partial charge in [0.15, 0.2) is 0 Å². The highest BCUT2D eigenvalue weighted by Crippen LogP contribution is 2.46. The third-order valence-corrected chi connectivity index (χ3v) is 5.93. The van der Waals surface area contributed by atoms with Gasteiger partial charge in [0.25, 0.3) is 0 Å². The van der Waals surface area contributed by atoms with E-state index < -0.39 is 0 Å². The second kappa shape index (κ2) is 5.40. The maximum absolute atomic E-state index is 6.53. The Balaban J connectivity index is 1.63. The van der Waals surface area contributed by atoms with E-state index in [1.54, 1.807) is 0 Å². The first kappa shape index (κ1) is 14.6. The lowest BCUT2D eigenvalue weighted by Crippen LogP contribution is -2.53. The van der Waals surface area contributed by atoms with Crippen LogP contribution in [0.25, 0.3) is 0 Å². The van der Waals surface area contributed by atoms with Crippen LogP contribution in [0.4, 0.5) is 5.69 Å². The van der Waals surface area contributed by atoms with E-state index in [1.165, 1.54) is 16.8 Å². The number of para-hydroxylation sites is 1. The maximum Gasteiger partial charge on any atom is 0.134 e. The number of rotatable bonds is 1. The van der Waals surface area contributed by atoms with Crippen molar-refractivity contribution in [2.75, 3.05) is 24.5 Å². The maximum atomic E-state index is 6.53. The molecule has 0 saturated carbocycles. The fourth-order valence-corrected chi connectivity index (χ4v) is 4.96. The van der Waals surface area contributed by atoms with Gasteiger partial charge in [-0.2, -0.15) is 0 Å². The number of benzene rings is 2. The largest absolute Gasteiger partial charge is 0.350 e. The van der Waals surface area contributed by atoms with E-state index in [0.29, 0.717) is 17.1 Å². The monoisotopic (exact) mass is 357 g/mol. The third-order valence-electron chi connectivity index (χ3n) is 5.37. The molecule has 1 fully saturated rings. The molecule has 0 amide bonds. The van der Waals surface area contributed by atoms with E-state index in [0.717, 1.165) is 36.9 Å². The van der Waals surface area contributed by atoms with Gasteiger partial charge < -0.3 is 9.80 Å². The minimum absolute atomic E-state index is 0.292. The number of hydrogen-bond acceptors (Lipinski definition) is 3. The summed E-state index contributed by atoms with van der Waals surface area (Å²) in [4.78, 5) is 9.77. The molecule has 3 aliphatic rings. The first-order chi connectivity index (χ1) is 11.7. The summed E-state index contributed by atoms with van der Waals surface area (Å²) in [7, 11) is 0. The number of fused-ring (bicyclic) bond motifs is 6. The fraction of sp³-hybridized carbons (Fsp3) is 0.316. The van der Waals surface area contributed by atoms with Gasteiger partial charge >= 0.3 is 0 Å². The summed E-state index contributed by atoms with van der Waals surface area (Å²) in [6.45, 7) is 2.89. The lowest BCUT2D eigenvalue weighted by molar-refractivity contribution is 0.311. The molecule has 122 valence electrons. The van der Waals surface area contributed by atoms with Crippen LogP contribution in [0.3, 0.4) is 0 Å². The second-order valence-electron chi connectivity index (χ2n) is 6.58. The summed E-state index contributed by atoms with van der Waals surface area (Å²) in [5, 5.41) is 1.46. The molecule has 2 atom stereocenters. The van der Waals surface area contributed by atoms with E-state index in [2.05, 4.69) is 40.1 Å². The van der Waals surface area contributed by atoms with Crippen LogP contribution in [0.1, 0.15) is 23.5 Å². The minimum atomic E-state index is 0.292. The Morgan fingerprint density at radius 2 is 1.88 bits per heavy atom. The lowest BCUT2D eigenvalue weighted by Gasteiger charge is -2.44. The average molecular weight is 358 g/mol. The van der Waals surface area contributed by atoms with Crippen molar-refractivity contribution < 1.29 is 0 Å². The Bertz CT molecular complexity index is 848. The molecule has 2 aromatic rings. The molecule has 3 heterocycles. The number of hydrogen-bond donors (Lipinski definition) is 0. The Kier molecular flexibility index (Phi) is 3.29. The van der Waals surface area contributed by atoms with E-state index >= 15 is 0 Å². The molecule has 3 aliphatic heterocycles. The van der Waals surface area contributed by atoms with Crippen molar-refractivity contribution in [3.05, 3.63) is 63.6 Å². The van der Waals surface area contributed by atoms with Crippen molar-refractivity contribution in [1.29, 1.82) is 0 Å². The van der Waals surface area contributed by atoms with Gasteiger partial charge in [-0.1, -0.05) is 41.4 Å². The highest BCUT2D eigenvalue weighted by atomic mass is 35.5. The molecule has 1 saturated heterocycles. The Labute approximate surface area is 151 Å². The second-order valence-corrected chi connectivity index (χ2v) is 7.43. The summed E-state index contributed by atoms with van der Waals surface area (Å²) < 4.78 is 0. The van der Waals surface area contributed by atoms with Gasteiger partial charge in [-0.3, -0.25) is 4.99 Å². The van der Waals surface area contributed by atoms with Crippen LogP contribution in [0.2, 0.25) is 10.0 Å². The highest BCUT2D eigenvalue weighted by molar-refractivity contribution is 6.35. The zero-order valence-corrected chi connectivity index (χ0v) is 14.6. The van der Waals surface area contributed by atoms with Crippen LogP contribution in [-0.4, -0.2) is 36.5 Å². The Morgan fingerprint density at radius 3 is 2.75 bits per heavy atom. The van der Waals surface area contributed by atoms with Crippen LogP contribution in [0, 0.1) is 0 Å². The van der Waals surface area contributed by atoms with Crippen molar-refractivity contribution in [2.24, 2.45) is 4.99 Å². The molecule has 0 aliphatic carbocycles. The van der Waals surface area contributed by atoms with Crippen LogP contribution < -0.4 is 4.90 Å². The fourth-order valence-electron chi connectivity index (χ4n) is 4.41. The number of amidine groups is 1. The number of halogens is 2. The summed E-state index contributed by atoms with van der Waals surface area (Å²) in [6.07, 6.45) is 1.38.